The van der Waals surface area contributed by atoms with Crippen molar-refractivity contribution in [1.82, 2.24) is 5.32 Å². The Labute approximate surface area is 149 Å². The smallest absolute Gasteiger partial charge is 0.224 e. The highest BCUT2D eigenvalue weighted by Crippen LogP contribution is 2.28. The van der Waals surface area contributed by atoms with Crippen molar-refractivity contribution in [3.63, 3.8) is 0 Å². The van der Waals surface area contributed by atoms with Gasteiger partial charge in [0.1, 0.15) is 0 Å². The molecule has 0 saturated carbocycles. The van der Waals surface area contributed by atoms with Crippen LogP contribution in [-0.4, -0.2) is 19.0 Å². The standard InChI is InChI=1S/C22H26N2O/c23-13-7-1-2-8-14-24-22(25)16-21-19-11-5-3-9-17(19)15-18-10-4-6-12-20(18)21/h3-6,9-12,15H,1-2,7-8,13-14,16,23H2,(H,24,25). The van der Waals surface area contributed by atoms with Crippen LogP contribution in [0.3, 0.4) is 0 Å². The molecule has 0 radical (unpaired) electrons. The zero-order valence-corrected chi connectivity index (χ0v) is 14.6. The quantitative estimate of drug-likeness (QED) is 0.480. The van der Waals surface area contributed by atoms with Crippen LogP contribution in [0.1, 0.15) is 31.2 Å². The summed E-state index contributed by atoms with van der Waals surface area (Å²) in [7, 11) is 0. The summed E-state index contributed by atoms with van der Waals surface area (Å²) >= 11 is 0. The first-order valence-electron chi connectivity index (χ1n) is 9.16. The number of amides is 1. The van der Waals surface area contributed by atoms with Crippen molar-refractivity contribution in [2.45, 2.75) is 32.1 Å². The largest absolute Gasteiger partial charge is 0.356 e. The first-order valence-corrected chi connectivity index (χ1v) is 9.16. The van der Waals surface area contributed by atoms with E-state index in [0.717, 1.165) is 44.3 Å². The van der Waals surface area contributed by atoms with Gasteiger partial charge in [-0.15, -0.1) is 0 Å². The van der Waals surface area contributed by atoms with Crippen LogP contribution < -0.4 is 11.1 Å². The molecule has 0 fully saturated rings. The van der Waals surface area contributed by atoms with E-state index in [2.05, 4.69) is 35.6 Å². The Balaban J connectivity index is 1.74. The topological polar surface area (TPSA) is 55.1 Å². The van der Waals surface area contributed by atoms with E-state index in [-0.39, 0.29) is 5.91 Å². The summed E-state index contributed by atoms with van der Waals surface area (Å²) in [4.78, 5) is 12.5. The molecule has 3 aromatic rings. The van der Waals surface area contributed by atoms with Gasteiger partial charge in [0.15, 0.2) is 0 Å². The molecule has 0 heterocycles. The second-order valence-corrected chi connectivity index (χ2v) is 6.53. The van der Waals surface area contributed by atoms with Crippen LogP contribution in [-0.2, 0) is 11.2 Å². The lowest BCUT2D eigenvalue weighted by atomic mass is 9.94. The van der Waals surface area contributed by atoms with E-state index < -0.39 is 0 Å². The van der Waals surface area contributed by atoms with Crippen LogP contribution in [0.5, 0.6) is 0 Å². The Morgan fingerprint density at radius 1 is 0.840 bits per heavy atom. The number of fused-ring (bicyclic) bond motifs is 2. The highest BCUT2D eigenvalue weighted by molar-refractivity contribution is 6.04. The molecular weight excluding hydrogens is 308 g/mol. The second kappa shape index (κ2) is 8.63. The average molecular weight is 334 g/mol. The number of carbonyl (C=O) groups is 1. The number of hydrogen-bond acceptors (Lipinski definition) is 2. The summed E-state index contributed by atoms with van der Waals surface area (Å²) in [5, 5.41) is 7.77. The number of unbranched alkanes of at least 4 members (excludes halogenated alkanes) is 3. The summed E-state index contributed by atoms with van der Waals surface area (Å²) in [5.74, 6) is 0.0975. The minimum Gasteiger partial charge on any atom is -0.356 e. The van der Waals surface area contributed by atoms with Crippen LogP contribution in [0.15, 0.2) is 54.6 Å². The zero-order chi connectivity index (χ0) is 17.5. The van der Waals surface area contributed by atoms with Gasteiger partial charge in [0.2, 0.25) is 5.91 Å². The number of hydrogen-bond donors (Lipinski definition) is 2. The van der Waals surface area contributed by atoms with E-state index in [1.807, 2.05) is 24.3 Å². The summed E-state index contributed by atoms with van der Waals surface area (Å²) in [5.41, 5.74) is 6.62. The molecule has 0 atom stereocenters. The second-order valence-electron chi connectivity index (χ2n) is 6.53. The van der Waals surface area contributed by atoms with Crippen LogP contribution in [0.2, 0.25) is 0 Å². The van der Waals surface area contributed by atoms with Gasteiger partial charge >= 0.3 is 0 Å². The summed E-state index contributed by atoms with van der Waals surface area (Å²) in [6, 6.07) is 18.8. The molecule has 1 amide bonds. The molecule has 0 saturated heterocycles. The van der Waals surface area contributed by atoms with Crippen molar-refractivity contribution in [2.24, 2.45) is 5.73 Å². The van der Waals surface area contributed by atoms with E-state index in [1.54, 1.807) is 0 Å². The minimum absolute atomic E-state index is 0.0975. The fraction of sp³-hybridized carbons (Fsp3) is 0.318. The molecular formula is C22H26N2O. The van der Waals surface area contributed by atoms with Gasteiger partial charge in [-0.3, -0.25) is 4.79 Å². The fourth-order valence-electron chi connectivity index (χ4n) is 3.37. The Bertz CT molecular complexity index is 803. The SMILES string of the molecule is NCCCCCCNC(=O)Cc1c2ccccc2cc2ccccc12. The summed E-state index contributed by atoms with van der Waals surface area (Å²) < 4.78 is 0. The highest BCUT2D eigenvalue weighted by atomic mass is 16.1. The number of carbonyl (C=O) groups excluding carboxylic acids is 1. The molecule has 0 aromatic heterocycles. The Morgan fingerprint density at radius 2 is 1.44 bits per heavy atom. The first-order chi connectivity index (χ1) is 12.3. The minimum atomic E-state index is 0.0975. The lowest BCUT2D eigenvalue weighted by molar-refractivity contribution is -0.120. The van der Waals surface area contributed by atoms with Gasteiger partial charge in [-0.1, -0.05) is 61.4 Å². The molecule has 0 unspecified atom stereocenters. The van der Waals surface area contributed by atoms with Gasteiger partial charge in [0.25, 0.3) is 0 Å². The first kappa shape index (κ1) is 17.4. The average Bonchev–Trinajstić information content (AvgIpc) is 2.64. The molecule has 0 spiro atoms. The molecule has 0 aliphatic carbocycles. The maximum atomic E-state index is 12.5. The van der Waals surface area contributed by atoms with E-state index in [1.165, 1.54) is 21.5 Å². The van der Waals surface area contributed by atoms with Gasteiger partial charge in [-0.25, -0.2) is 0 Å². The lowest BCUT2D eigenvalue weighted by Gasteiger charge is -2.12. The Morgan fingerprint density at radius 3 is 2.08 bits per heavy atom. The van der Waals surface area contributed by atoms with Gasteiger partial charge in [0.05, 0.1) is 6.42 Å². The molecule has 0 bridgehead atoms. The molecule has 25 heavy (non-hydrogen) atoms. The normalized spacial score (nSPS) is 11.1. The molecule has 3 aromatic carbocycles. The molecule has 130 valence electrons. The van der Waals surface area contributed by atoms with E-state index in [9.17, 15) is 4.79 Å². The van der Waals surface area contributed by atoms with Crippen LogP contribution in [0, 0.1) is 0 Å². The predicted octanol–water partition coefficient (Wildman–Crippen LogP) is 4.17. The van der Waals surface area contributed by atoms with Gasteiger partial charge in [-0.2, -0.15) is 0 Å². The van der Waals surface area contributed by atoms with Crippen molar-refractivity contribution < 1.29 is 4.79 Å². The van der Waals surface area contributed by atoms with Crippen LogP contribution in [0.25, 0.3) is 21.5 Å². The van der Waals surface area contributed by atoms with Crippen LogP contribution >= 0.6 is 0 Å². The number of benzene rings is 3. The fourth-order valence-corrected chi connectivity index (χ4v) is 3.37. The van der Waals surface area contributed by atoms with Gasteiger partial charge in [-0.05, 0) is 52.6 Å². The number of rotatable bonds is 8. The Kier molecular flexibility index (Phi) is 6.02. The number of nitrogens with two attached hydrogens (primary N) is 1. The van der Waals surface area contributed by atoms with Crippen molar-refractivity contribution in [1.29, 1.82) is 0 Å². The maximum Gasteiger partial charge on any atom is 0.224 e. The van der Waals surface area contributed by atoms with Gasteiger partial charge in [0, 0.05) is 6.54 Å². The Hall–Kier alpha value is -2.39. The molecule has 0 aliphatic heterocycles. The van der Waals surface area contributed by atoms with E-state index in [4.69, 9.17) is 5.73 Å². The third kappa shape index (κ3) is 4.37. The van der Waals surface area contributed by atoms with Crippen molar-refractivity contribution in [3.05, 3.63) is 60.2 Å². The van der Waals surface area contributed by atoms with Crippen molar-refractivity contribution in [3.8, 4) is 0 Å². The molecule has 0 aliphatic rings. The van der Waals surface area contributed by atoms with Crippen molar-refractivity contribution in [2.75, 3.05) is 13.1 Å². The molecule has 3 nitrogen and oxygen atoms in total. The zero-order valence-electron chi connectivity index (χ0n) is 14.6. The number of nitrogens with one attached hydrogen (secondary N) is 1. The lowest BCUT2D eigenvalue weighted by Crippen LogP contribution is -2.26. The van der Waals surface area contributed by atoms with Crippen LogP contribution in [0.4, 0.5) is 0 Å². The summed E-state index contributed by atoms with van der Waals surface area (Å²) in [6.45, 7) is 1.49. The van der Waals surface area contributed by atoms with Crippen molar-refractivity contribution >= 4 is 27.5 Å². The highest BCUT2D eigenvalue weighted by Gasteiger charge is 2.11. The van der Waals surface area contributed by atoms with E-state index >= 15 is 0 Å². The molecule has 3 heteroatoms. The third-order valence-electron chi connectivity index (χ3n) is 4.67. The summed E-state index contributed by atoms with van der Waals surface area (Å²) in [6.07, 6.45) is 4.76. The van der Waals surface area contributed by atoms with E-state index in [0.29, 0.717) is 6.42 Å². The maximum absolute atomic E-state index is 12.5. The predicted molar refractivity (Wildman–Crippen MR) is 106 cm³/mol. The molecule has 3 rings (SSSR count). The monoisotopic (exact) mass is 334 g/mol. The molecule has 3 N–H and O–H groups in total. The van der Waals surface area contributed by atoms with Gasteiger partial charge < -0.3 is 11.1 Å². The third-order valence-corrected chi connectivity index (χ3v) is 4.67.